The SMILES string of the molecule is O=C1[C@H]2CCCN(C(=O)N[C@@H](CF)c3ccccc3)[C@H]2C[C@@H]2c3ccccc3CCN12. The predicted octanol–water partition coefficient (Wildman–Crippen LogP) is 4.02. The Morgan fingerprint density at radius 1 is 1.10 bits per heavy atom. The van der Waals surface area contributed by atoms with E-state index in [0.717, 1.165) is 37.8 Å². The number of urea groups is 1. The number of halogens is 1. The third-order valence-corrected chi connectivity index (χ3v) is 7.17. The Morgan fingerprint density at radius 2 is 1.87 bits per heavy atom. The van der Waals surface area contributed by atoms with Crippen LogP contribution in [0.4, 0.5) is 9.18 Å². The third-order valence-electron chi connectivity index (χ3n) is 7.17. The number of carbonyl (C=O) groups excluding carboxylic acids is 2. The Bertz CT molecular complexity index is 966. The number of hydrogen-bond donors (Lipinski definition) is 1. The number of hydrogen-bond acceptors (Lipinski definition) is 2. The van der Waals surface area contributed by atoms with Crippen molar-refractivity contribution in [1.29, 1.82) is 0 Å². The molecule has 0 saturated carbocycles. The van der Waals surface area contributed by atoms with Crippen LogP contribution in [0.5, 0.6) is 0 Å². The molecular weight excluding hydrogens is 393 g/mol. The van der Waals surface area contributed by atoms with E-state index in [2.05, 4.69) is 17.4 Å². The third kappa shape index (κ3) is 3.58. The molecule has 5 nitrogen and oxygen atoms in total. The summed E-state index contributed by atoms with van der Waals surface area (Å²) in [6, 6.07) is 16.4. The molecule has 2 aromatic carbocycles. The van der Waals surface area contributed by atoms with Gasteiger partial charge in [0.1, 0.15) is 6.67 Å². The number of carbonyl (C=O) groups is 2. The molecule has 3 heterocycles. The topological polar surface area (TPSA) is 52.7 Å². The van der Waals surface area contributed by atoms with Gasteiger partial charge in [0, 0.05) is 19.1 Å². The first-order chi connectivity index (χ1) is 15.2. The van der Waals surface area contributed by atoms with Crippen LogP contribution in [0.15, 0.2) is 54.6 Å². The molecule has 0 unspecified atom stereocenters. The van der Waals surface area contributed by atoms with Crippen molar-refractivity contribution in [2.45, 2.75) is 43.8 Å². The van der Waals surface area contributed by atoms with Gasteiger partial charge in [-0.15, -0.1) is 0 Å². The van der Waals surface area contributed by atoms with Crippen molar-refractivity contribution in [3.8, 4) is 0 Å². The highest BCUT2D eigenvalue weighted by Crippen LogP contribution is 2.43. The summed E-state index contributed by atoms with van der Waals surface area (Å²) in [7, 11) is 0. The van der Waals surface area contributed by atoms with E-state index in [0.29, 0.717) is 6.54 Å². The average molecular weight is 422 g/mol. The fraction of sp³-hybridized carbons (Fsp3) is 0.440. The minimum atomic E-state index is -0.680. The number of fused-ring (bicyclic) bond motifs is 4. The molecule has 2 aromatic rings. The van der Waals surface area contributed by atoms with Crippen molar-refractivity contribution < 1.29 is 14.0 Å². The van der Waals surface area contributed by atoms with Gasteiger partial charge >= 0.3 is 6.03 Å². The van der Waals surface area contributed by atoms with E-state index in [1.54, 1.807) is 4.90 Å². The number of nitrogens with zero attached hydrogens (tertiary/aromatic N) is 2. The first kappa shape index (κ1) is 20.0. The summed E-state index contributed by atoms with van der Waals surface area (Å²) in [5.41, 5.74) is 3.25. The van der Waals surface area contributed by atoms with E-state index in [-0.39, 0.29) is 29.9 Å². The Labute approximate surface area is 182 Å². The van der Waals surface area contributed by atoms with Gasteiger partial charge in [-0.25, -0.2) is 9.18 Å². The van der Waals surface area contributed by atoms with E-state index in [9.17, 15) is 14.0 Å². The average Bonchev–Trinajstić information content (AvgIpc) is 2.82. The van der Waals surface area contributed by atoms with Crippen molar-refractivity contribution in [1.82, 2.24) is 15.1 Å². The lowest BCUT2D eigenvalue weighted by Gasteiger charge is -2.51. The quantitative estimate of drug-likeness (QED) is 0.814. The Kier molecular flexibility index (Phi) is 5.38. The summed E-state index contributed by atoms with van der Waals surface area (Å²) >= 11 is 0. The number of benzene rings is 2. The van der Waals surface area contributed by atoms with Crippen molar-refractivity contribution in [3.05, 3.63) is 71.3 Å². The summed E-state index contributed by atoms with van der Waals surface area (Å²) in [6.07, 6.45) is 3.23. The van der Waals surface area contributed by atoms with E-state index >= 15 is 0 Å². The monoisotopic (exact) mass is 421 g/mol. The van der Waals surface area contributed by atoms with Gasteiger partial charge in [0.15, 0.2) is 0 Å². The molecule has 2 saturated heterocycles. The van der Waals surface area contributed by atoms with Gasteiger partial charge in [-0.2, -0.15) is 0 Å². The Morgan fingerprint density at radius 3 is 2.68 bits per heavy atom. The molecule has 0 spiro atoms. The lowest BCUT2D eigenvalue weighted by molar-refractivity contribution is -0.148. The summed E-state index contributed by atoms with van der Waals surface area (Å²) in [6.45, 7) is 0.677. The van der Waals surface area contributed by atoms with Crippen LogP contribution in [0.2, 0.25) is 0 Å². The van der Waals surface area contributed by atoms with E-state index < -0.39 is 12.7 Å². The summed E-state index contributed by atoms with van der Waals surface area (Å²) in [5, 5.41) is 2.88. The van der Waals surface area contributed by atoms with E-state index in [1.807, 2.05) is 47.4 Å². The van der Waals surface area contributed by atoms with Gasteiger partial charge in [0.05, 0.1) is 18.0 Å². The van der Waals surface area contributed by atoms with Crippen LogP contribution in [-0.4, -0.2) is 47.5 Å². The predicted molar refractivity (Wildman–Crippen MR) is 116 cm³/mol. The first-order valence-electron chi connectivity index (χ1n) is 11.2. The normalized spacial score (nSPS) is 25.8. The summed E-state index contributed by atoms with van der Waals surface area (Å²) in [4.78, 5) is 30.4. The fourth-order valence-electron chi connectivity index (χ4n) is 5.63. The van der Waals surface area contributed by atoms with Crippen molar-refractivity contribution in [3.63, 3.8) is 0 Å². The molecule has 1 N–H and O–H groups in total. The number of amides is 3. The number of piperidine rings is 2. The molecule has 0 radical (unpaired) electrons. The molecule has 0 aromatic heterocycles. The van der Waals surface area contributed by atoms with Crippen molar-refractivity contribution >= 4 is 11.9 Å². The van der Waals surface area contributed by atoms with Crippen LogP contribution in [0.3, 0.4) is 0 Å². The molecule has 2 fully saturated rings. The molecule has 0 aliphatic carbocycles. The minimum Gasteiger partial charge on any atom is -0.335 e. The number of likely N-dealkylation sites (tertiary alicyclic amines) is 1. The second-order valence-electron chi connectivity index (χ2n) is 8.81. The highest BCUT2D eigenvalue weighted by atomic mass is 19.1. The molecule has 4 atom stereocenters. The molecule has 31 heavy (non-hydrogen) atoms. The maximum absolute atomic E-state index is 13.8. The molecule has 162 valence electrons. The summed E-state index contributed by atoms with van der Waals surface area (Å²) in [5.74, 6) is -0.0000759. The highest BCUT2D eigenvalue weighted by molar-refractivity contribution is 5.83. The standard InChI is InChI=1S/C25H28FN3O2/c26-16-21(18-8-2-1-3-9-18)27-25(31)29-13-6-11-20-23(29)15-22-19-10-5-4-7-17(19)12-14-28(22)24(20)30/h1-5,7-10,20-23H,6,11-16H2,(H,27,31)/t20-,21-,22+,23-/m0/s1. The maximum Gasteiger partial charge on any atom is 0.318 e. The van der Waals surface area contributed by atoms with Gasteiger partial charge in [0.2, 0.25) is 5.91 Å². The van der Waals surface area contributed by atoms with Gasteiger partial charge in [-0.1, -0.05) is 54.6 Å². The molecule has 3 aliphatic rings. The lowest BCUT2D eigenvalue weighted by atomic mass is 9.76. The summed E-state index contributed by atoms with van der Waals surface area (Å²) < 4.78 is 13.8. The van der Waals surface area contributed by atoms with Crippen LogP contribution in [0, 0.1) is 5.92 Å². The first-order valence-corrected chi connectivity index (χ1v) is 11.2. The minimum absolute atomic E-state index is 0.0122. The largest absolute Gasteiger partial charge is 0.335 e. The zero-order valence-corrected chi connectivity index (χ0v) is 17.5. The molecule has 6 heteroatoms. The molecule has 3 amide bonds. The van der Waals surface area contributed by atoms with Crippen LogP contribution in [-0.2, 0) is 11.2 Å². The van der Waals surface area contributed by atoms with Gasteiger partial charge in [-0.3, -0.25) is 4.79 Å². The van der Waals surface area contributed by atoms with Crippen LogP contribution < -0.4 is 5.32 Å². The second-order valence-corrected chi connectivity index (χ2v) is 8.81. The van der Waals surface area contributed by atoms with Crippen LogP contribution in [0.1, 0.15) is 48.0 Å². The zero-order chi connectivity index (χ0) is 21.4. The van der Waals surface area contributed by atoms with Crippen LogP contribution >= 0.6 is 0 Å². The Balaban J connectivity index is 1.39. The number of alkyl halides is 1. The van der Waals surface area contributed by atoms with Crippen molar-refractivity contribution in [2.75, 3.05) is 19.8 Å². The van der Waals surface area contributed by atoms with Crippen LogP contribution in [0.25, 0.3) is 0 Å². The second kappa shape index (κ2) is 8.33. The molecule has 3 aliphatic heterocycles. The molecule has 5 rings (SSSR count). The fourth-order valence-corrected chi connectivity index (χ4v) is 5.63. The van der Waals surface area contributed by atoms with E-state index in [4.69, 9.17) is 0 Å². The number of rotatable bonds is 3. The van der Waals surface area contributed by atoms with Gasteiger partial charge in [0.25, 0.3) is 0 Å². The maximum atomic E-state index is 13.8. The van der Waals surface area contributed by atoms with Gasteiger partial charge in [-0.05, 0) is 42.4 Å². The van der Waals surface area contributed by atoms with E-state index in [1.165, 1.54) is 11.1 Å². The molecular formula is C25H28FN3O2. The highest BCUT2D eigenvalue weighted by Gasteiger charge is 2.48. The zero-order valence-electron chi connectivity index (χ0n) is 17.5. The smallest absolute Gasteiger partial charge is 0.318 e. The molecule has 0 bridgehead atoms. The van der Waals surface area contributed by atoms with Crippen molar-refractivity contribution in [2.24, 2.45) is 5.92 Å². The lowest BCUT2D eigenvalue weighted by Crippen LogP contribution is -2.61. The Hall–Kier alpha value is -2.89. The number of nitrogens with one attached hydrogen (secondary N) is 1. The van der Waals surface area contributed by atoms with Gasteiger partial charge < -0.3 is 15.1 Å².